The smallest absolute Gasteiger partial charge is 0.322 e. The summed E-state index contributed by atoms with van der Waals surface area (Å²) in [7, 11) is 0. The highest BCUT2D eigenvalue weighted by atomic mass is 19.3. The number of alkyl halides is 4. The van der Waals surface area contributed by atoms with Crippen molar-refractivity contribution in [3.05, 3.63) is 120 Å². The Labute approximate surface area is 402 Å². The lowest BCUT2D eigenvalue weighted by Crippen LogP contribution is -2.33. The Morgan fingerprint density at radius 1 is 0.629 bits per heavy atom. The molecule has 8 heterocycles. The van der Waals surface area contributed by atoms with E-state index in [1.54, 1.807) is 64.5 Å². The van der Waals surface area contributed by atoms with Gasteiger partial charge in [-0.3, -0.25) is 9.36 Å². The first kappa shape index (κ1) is 49.3. The van der Waals surface area contributed by atoms with E-state index in [4.69, 9.17) is 0 Å². The van der Waals surface area contributed by atoms with Crippen LogP contribution < -0.4 is 20.4 Å². The van der Waals surface area contributed by atoms with Crippen molar-refractivity contribution >= 4 is 35.1 Å². The highest BCUT2D eigenvalue weighted by Gasteiger charge is 2.42. The lowest BCUT2D eigenvalue weighted by Gasteiger charge is -2.25. The average molecular weight is 971 g/mol. The topological polar surface area (TPSA) is 133 Å². The Hall–Kier alpha value is -7.12. The standard InChI is InChI=1S/2C24H25F3N6O.C2H6/c1-15(2)33-12-16-11-32(13-20(16)30-33)23(34)29-21-18(17-5-3-4-6-19(17)25)7-9-28-22(21)31-10-8-24(26,27)14-31;1-15(2)33-20-13-32(12-16(20)11-29-33)23(34)30-21-18(17-5-3-4-6-19(17)25)7-9-28-22(21)31-10-8-24(26,27)14-31;1-2/h3-7,9,12,15H,8,10-11,13-14H2,1-2H3,(H,29,34);3-7,9,11,15H,8,10,12-14H2,1-2H3,(H,30,34);1-2H3. The molecule has 2 fully saturated rings. The van der Waals surface area contributed by atoms with Gasteiger partial charge in [-0.25, -0.2) is 45.9 Å². The number of urea groups is 2. The number of halogens is 6. The van der Waals surface area contributed by atoms with Crippen LogP contribution in [0.1, 0.15) is 89.0 Å². The first-order valence-electron chi connectivity index (χ1n) is 23.4. The second-order valence-corrected chi connectivity index (χ2v) is 18.0. The molecule has 0 bridgehead atoms. The van der Waals surface area contributed by atoms with E-state index in [2.05, 4.69) is 30.8 Å². The van der Waals surface area contributed by atoms with Gasteiger partial charge in [-0.15, -0.1) is 0 Å². The monoisotopic (exact) mass is 970 g/mol. The van der Waals surface area contributed by atoms with Gasteiger partial charge in [0.1, 0.15) is 11.6 Å². The molecule has 6 aromatic rings. The molecular weight excluding hydrogens is 915 g/mol. The minimum absolute atomic E-state index is 0.0854. The summed E-state index contributed by atoms with van der Waals surface area (Å²) in [5, 5.41) is 14.6. The molecule has 0 atom stereocenters. The van der Waals surface area contributed by atoms with Crippen molar-refractivity contribution in [2.75, 3.05) is 46.6 Å². The molecular formula is C50H56F6N12O2. The Bertz CT molecular complexity index is 2840. The zero-order valence-corrected chi connectivity index (χ0v) is 39.9. The maximum atomic E-state index is 14.7. The van der Waals surface area contributed by atoms with Gasteiger partial charge in [-0.1, -0.05) is 50.2 Å². The van der Waals surface area contributed by atoms with Crippen molar-refractivity contribution in [1.29, 1.82) is 0 Å². The van der Waals surface area contributed by atoms with Gasteiger partial charge in [0.05, 0.1) is 68.2 Å². The number of hydrogen-bond acceptors (Lipinski definition) is 8. The Morgan fingerprint density at radius 2 is 1.11 bits per heavy atom. The summed E-state index contributed by atoms with van der Waals surface area (Å²) in [6.45, 7) is 12.7. The van der Waals surface area contributed by atoms with E-state index in [1.807, 2.05) is 57.1 Å². The molecule has 70 heavy (non-hydrogen) atoms. The van der Waals surface area contributed by atoms with Gasteiger partial charge in [0.2, 0.25) is 0 Å². The molecule has 0 saturated carbocycles. The fraction of sp³-hybridized carbons (Fsp3) is 0.400. The van der Waals surface area contributed by atoms with Gasteiger partial charge in [-0.05, 0) is 52.0 Å². The Balaban J connectivity index is 0.000000182. The van der Waals surface area contributed by atoms with Crippen LogP contribution >= 0.6 is 0 Å². The first-order chi connectivity index (χ1) is 33.4. The van der Waals surface area contributed by atoms with Crippen molar-refractivity contribution in [3.8, 4) is 22.3 Å². The van der Waals surface area contributed by atoms with Crippen LogP contribution in [-0.2, 0) is 26.2 Å². The van der Waals surface area contributed by atoms with Gasteiger partial charge >= 0.3 is 12.1 Å². The fourth-order valence-electron chi connectivity index (χ4n) is 8.98. The predicted molar refractivity (Wildman–Crippen MR) is 256 cm³/mol. The largest absolute Gasteiger partial charge is 0.349 e. The van der Waals surface area contributed by atoms with Crippen LogP contribution in [0.2, 0.25) is 0 Å². The number of hydrogen-bond donors (Lipinski definition) is 2. The summed E-state index contributed by atoms with van der Waals surface area (Å²) in [6, 6.07) is 15.0. The van der Waals surface area contributed by atoms with Gasteiger partial charge in [0.15, 0.2) is 11.6 Å². The number of carbonyl (C=O) groups excluding carboxylic acids is 2. The number of rotatable bonds is 8. The van der Waals surface area contributed by atoms with Gasteiger partial charge < -0.3 is 30.2 Å². The van der Waals surface area contributed by atoms with Gasteiger partial charge in [0.25, 0.3) is 11.8 Å². The van der Waals surface area contributed by atoms with E-state index in [-0.39, 0.29) is 72.2 Å². The highest BCUT2D eigenvalue weighted by molar-refractivity contribution is 6.00. The van der Waals surface area contributed by atoms with Crippen molar-refractivity contribution in [1.82, 2.24) is 39.3 Å². The van der Waals surface area contributed by atoms with Crippen LogP contribution in [0.15, 0.2) is 85.5 Å². The zero-order valence-electron chi connectivity index (χ0n) is 39.9. The van der Waals surface area contributed by atoms with Crippen LogP contribution in [0, 0.1) is 11.6 Å². The quantitative estimate of drug-likeness (QED) is 0.144. The number of nitrogens with zero attached hydrogens (tertiary/aromatic N) is 10. The van der Waals surface area contributed by atoms with E-state index in [1.165, 1.54) is 34.3 Å². The average Bonchev–Trinajstić information content (AvgIpc) is 4.19. The number of benzene rings is 2. The summed E-state index contributed by atoms with van der Waals surface area (Å²) in [5.74, 6) is -6.25. The number of pyridine rings is 2. The summed E-state index contributed by atoms with van der Waals surface area (Å²) in [5.41, 5.74) is 5.42. The number of amides is 4. The first-order valence-corrected chi connectivity index (χ1v) is 23.4. The van der Waals surface area contributed by atoms with E-state index in [9.17, 15) is 35.9 Å². The Kier molecular flexibility index (Phi) is 14.1. The Morgan fingerprint density at radius 3 is 1.56 bits per heavy atom. The van der Waals surface area contributed by atoms with Crippen molar-refractivity contribution < 1.29 is 35.9 Å². The van der Waals surface area contributed by atoms with Crippen molar-refractivity contribution in [2.45, 2.75) is 104 Å². The summed E-state index contributed by atoms with van der Waals surface area (Å²) in [6.07, 6.45) is 5.97. The van der Waals surface area contributed by atoms with Crippen LogP contribution in [0.3, 0.4) is 0 Å². The van der Waals surface area contributed by atoms with E-state index < -0.39 is 48.6 Å². The third kappa shape index (κ3) is 10.3. The minimum Gasteiger partial charge on any atom is -0.349 e. The maximum Gasteiger partial charge on any atom is 0.322 e. The summed E-state index contributed by atoms with van der Waals surface area (Å²) in [4.78, 5) is 41.3. The molecule has 370 valence electrons. The molecule has 0 unspecified atom stereocenters. The number of fused-ring (bicyclic) bond motifs is 2. The molecule has 2 aromatic carbocycles. The zero-order chi connectivity index (χ0) is 50.1. The molecule has 4 aliphatic rings. The van der Waals surface area contributed by atoms with Crippen molar-refractivity contribution in [2.24, 2.45) is 0 Å². The summed E-state index contributed by atoms with van der Waals surface area (Å²) < 4.78 is 89.1. The molecule has 4 amide bonds. The number of carbonyl (C=O) groups is 2. The molecule has 20 heteroatoms. The second kappa shape index (κ2) is 20.1. The van der Waals surface area contributed by atoms with Gasteiger partial charge in [0, 0.05) is 90.0 Å². The van der Waals surface area contributed by atoms with Crippen LogP contribution in [0.4, 0.5) is 58.9 Å². The molecule has 2 N–H and O–H groups in total. The highest BCUT2D eigenvalue weighted by Crippen LogP contribution is 2.42. The predicted octanol–water partition coefficient (Wildman–Crippen LogP) is 11.1. The summed E-state index contributed by atoms with van der Waals surface area (Å²) >= 11 is 0. The lowest BCUT2D eigenvalue weighted by atomic mass is 10.0. The molecule has 0 aliphatic carbocycles. The van der Waals surface area contributed by atoms with Gasteiger partial charge in [-0.2, -0.15) is 10.2 Å². The van der Waals surface area contributed by atoms with Crippen LogP contribution in [0.5, 0.6) is 0 Å². The molecule has 4 aliphatic heterocycles. The molecule has 0 radical (unpaired) electrons. The van der Waals surface area contributed by atoms with E-state index in [0.29, 0.717) is 37.3 Å². The number of nitrogens with one attached hydrogen (secondary N) is 2. The fourth-order valence-corrected chi connectivity index (χ4v) is 8.98. The van der Waals surface area contributed by atoms with E-state index >= 15 is 0 Å². The van der Waals surface area contributed by atoms with Crippen LogP contribution in [-0.4, -0.2) is 89.4 Å². The third-order valence-electron chi connectivity index (χ3n) is 12.5. The molecule has 4 aromatic heterocycles. The molecule has 2 saturated heterocycles. The maximum absolute atomic E-state index is 14.7. The second-order valence-electron chi connectivity index (χ2n) is 18.0. The normalized spacial score (nSPS) is 16.5. The molecule has 0 spiro atoms. The van der Waals surface area contributed by atoms with E-state index in [0.717, 1.165) is 22.5 Å². The third-order valence-corrected chi connectivity index (χ3v) is 12.5. The number of aromatic nitrogens is 6. The SMILES string of the molecule is CC.CC(C)n1cc2c(n1)CN(C(=O)Nc1c(-c3ccccc3F)ccnc1N1CCC(F)(F)C1)C2.CC(C)n1ncc2c1CN(C(=O)Nc1c(-c3ccccc3F)ccnc1N1CCC(F)(F)C1)C2. The minimum atomic E-state index is -2.85. The molecule has 10 rings (SSSR count). The number of anilines is 4. The lowest BCUT2D eigenvalue weighted by molar-refractivity contribution is 0.0250. The van der Waals surface area contributed by atoms with Crippen LogP contribution in [0.25, 0.3) is 22.3 Å². The van der Waals surface area contributed by atoms with Crippen molar-refractivity contribution in [3.63, 3.8) is 0 Å². The molecule has 14 nitrogen and oxygen atoms in total.